The highest BCUT2D eigenvalue weighted by Crippen LogP contribution is 2.33. The molecule has 0 bridgehead atoms. The smallest absolute Gasteiger partial charge is 0.233 e. The second-order valence-corrected chi connectivity index (χ2v) is 5.84. The molecular weight excluding hydrogens is 274 g/mol. The fraction of sp³-hybridized carbons (Fsp3) is 0.533. The van der Waals surface area contributed by atoms with Crippen molar-refractivity contribution in [1.29, 1.82) is 0 Å². The second-order valence-electron chi connectivity index (χ2n) is 4.42. The molecule has 0 aliphatic heterocycles. The number of hydrogen-bond acceptors (Lipinski definition) is 4. The molecule has 0 heterocycles. The van der Waals surface area contributed by atoms with Crippen LogP contribution in [-0.2, 0) is 4.79 Å². The number of unbranched alkanes of at least 4 members (excludes halogenated alkanes) is 1. The summed E-state index contributed by atoms with van der Waals surface area (Å²) in [5.41, 5.74) is 0. The largest absolute Gasteiger partial charge is 0.493 e. The van der Waals surface area contributed by atoms with Crippen molar-refractivity contribution in [3.8, 4) is 11.5 Å². The Kier molecular flexibility index (Phi) is 7.30. The maximum Gasteiger partial charge on any atom is 0.233 e. The number of carbonyl (C=O) groups is 1. The van der Waals surface area contributed by atoms with Crippen LogP contribution >= 0.6 is 11.8 Å². The van der Waals surface area contributed by atoms with Gasteiger partial charge in [-0.3, -0.25) is 4.79 Å². The molecule has 112 valence electrons. The Morgan fingerprint density at radius 1 is 1.30 bits per heavy atom. The van der Waals surface area contributed by atoms with Crippen molar-refractivity contribution in [3.63, 3.8) is 0 Å². The van der Waals surface area contributed by atoms with Gasteiger partial charge in [0.25, 0.3) is 0 Å². The number of ether oxygens (including phenoxy) is 2. The summed E-state index contributed by atoms with van der Waals surface area (Å²) in [4.78, 5) is 12.9. The molecule has 0 spiro atoms. The van der Waals surface area contributed by atoms with Crippen LogP contribution in [0.15, 0.2) is 23.1 Å². The highest BCUT2D eigenvalue weighted by molar-refractivity contribution is 8.00. The zero-order valence-corrected chi connectivity index (χ0v) is 13.4. The van der Waals surface area contributed by atoms with Gasteiger partial charge in [0.05, 0.1) is 19.5 Å². The molecular formula is C15H23NO3S. The van der Waals surface area contributed by atoms with Crippen LogP contribution in [0.25, 0.3) is 0 Å². The lowest BCUT2D eigenvalue weighted by molar-refractivity contribution is -0.120. The van der Waals surface area contributed by atoms with Crippen molar-refractivity contribution in [2.24, 2.45) is 0 Å². The van der Waals surface area contributed by atoms with E-state index in [1.165, 1.54) is 11.8 Å². The molecule has 1 N–H and O–H groups in total. The predicted octanol–water partition coefficient (Wildman–Crippen LogP) is 3.10. The van der Waals surface area contributed by atoms with E-state index in [0.717, 1.165) is 24.3 Å². The summed E-state index contributed by atoms with van der Waals surface area (Å²) >= 11 is 1.51. The molecule has 4 nitrogen and oxygen atoms in total. The molecule has 1 aromatic rings. The number of amides is 1. The van der Waals surface area contributed by atoms with E-state index in [1.807, 2.05) is 25.1 Å². The van der Waals surface area contributed by atoms with Gasteiger partial charge in [-0.15, -0.1) is 11.8 Å². The van der Waals surface area contributed by atoms with Gasteiger partial charge in [0.2, 0.25) is 5.91 Å². The lowest BCUT2D eigenvalue weighted by Crippen LogP contribution is -2.31. The Balaban J connectivity index is 2.61. The number of carbonyl (C=O) groups excluding carboxylic acids is 1. The van der Waals surface area contributed by atoms with Crippen LogP contribution in [0, 0.1) is 0 Å². The van der Waals surface area contributed by atoms with Crippen molar-refractivity contribution in [2.45, 2.75) is 36.8 Å². The third-order valence-corrected chi connectivity index (χ3v) is 3.96. The van der Waals surface area contributed by atoms with Gasteiger partial charge in [0.1, 0.15) is 0 Å². The third-order valence-electron chi connectivity index (χ3n) is 2.87. The number of benzene rings is 1. The van der Waals surface area contributed by atoms with Gasteiger partial charge in [0, 0.05) is 11.4 Å². The van der Waals surface area contributed by atoms with Gasteiger partial charge in [-0.05, 0) is 31.5 Å². The van der Waals surface area contributed by atoms with E-state index in [2.05, 4.69) is 12.2 Å². The minimum absolute atomic E-state index is 0.0678. The maximum atomic E-state index is 11.9. The Hall–Kier alpha value is -1.36. The minimum atomic E-state index is -0.134. The van der Waals surface area contributed by atoms with Gasteiger partial charge in [-0.25, -0.2) is 0 Å². The lowest BCUT2D eigenvalue weighted by Gasteiger charge is -2.13. The fourth-order valence-electron chi connectivity index (χ4n) is 1.68. The molecule has 20 heavy (non-hydrogen) atoms. The first-order valence-electron chi connectivity index (χ1n) is 6.78. The van der Waals surface area contributed by atoms with Crippen molar-refractivity contribution in [1.82, 2.24) is 5.32 Å². The van der Waals surface area contributed by atoms with E-state index in [4.69, 9.17) is 9.47 Å². The van der Waals surface area contributed by atoms with Crippen molar-refractivity contribution < 1.29 is 14.3 Å². The fourth-order valence-corrected chi connectivity index (χ4v) is 2.60. The highest BCUT2D eigenvalue weighted by atomic mass is 32.2. The van der Waals surface area contributed by atoms with E-state index in [-0.39, 0.29) is 11.2 Å². The van der Waals surface area contributed by atoms with Crippen LogP contribution in [0.5, 0.6) is 11.5 Å². The quantitative estimate of drug-likeness (QED) is 0.591. The number of thioether (sulfide) groups is 1. The summed E-state index contributed by atoms with van der Waals surface area (Å²) in [6.07, 6.45) is 2.09. The second kappa shape index (κ2) is 8.74. The maximum absolute atomic E-state index is 11.9. The number of hydrogen-bond donors (Lipinski definition) is 1. The van der Waals surface area contributed by atoms with Gasteiger partial charge < -0.3 is 14.8 Å². The lowest BCUT2D eigenvalue weighted by atomic mass is 10.3. The van der Waals surface area contributed by atoms with Gasteiger partial charge in [-0.1, -0.05) is 13.3 Å². The zero-order chi connectivity index (χ0) is 15.0. The standard InChI is InChI=1S/C15H23NO3S/c1-5-6-9-16-15(17)11(2)20-12-7-8-13(18-3)14(10-12)19-4/h7-8,10-11H,5-6,9H2,1-4H3,(H,16,17). The summed E-state index contributed by atoms with van der Waals surface area (Å²) in [6, 6.07) is 5.67. The van der Waals surface area contributed by atoms with E-state index in [1.54, 1.807) is 14.2 Å². The molecule has 0 aliphatic carbocycles. The summed E-state index contributed by atoms with van der Waals surface area (Å²) in [5, 5.41) is 2.80. The average Bonchev–Trinajstić information content (AvgIpc) is 2.47. The molecule has 0 aliphatic rings. The molecule has 0 radical (unpaired) electrons. The van der Waals surface area contributed by atoms with Gasteiger partial charge in [0.15, 0.2) is 11.5 Å². The summed E-state index contributed by atoms with van der Waals surface area (Å²) < 4.78 is 10.5. The van der Waals surface area contributed by atoms with Gasteiger partial charge >= 0.3 is 0 Å². The predicted molar refractivity (Wildman–Crippen MR) is 82.8 cm³/mol. The molecule has 0 saturated heterocycles. The molecule has 0 saturated carbocycles. The van der Waals surface area contributed by atoms with Crippen LogP contribution < -0.4 is 14.8 Å². The van der Waals surface area contributed by atoms with Crippen molar-refractivity contribution in [2.75, 3.05) is 20.8 Å². The normalized spacial score (nSPS) is 11.8. The Morgan fingerprint density at radius 3 is 2.60 bits per heavy atom. The molecule has 1 unspecified atom stereocenters. The van der Waals surface area contributed by atoms with E-state index in [9.17, 15) is 4.79 Å². The third kappa shape index (κ3) is 4.96. The topological polar surface area (TPSA) is 47.6 Å². The molecule has 5 heteroatoms. The minimum Gasteiger partial charge on any atom is -0.493 e. The SMILES string of the molecule is CCCCNC(=O)C(C)Sc1ccc(OC)c(OC)c1. The molecule has 1 amide bonds. The Morgan fingerprint density at radius 2 is 2.00 bits per heavy atom. The Bertz CT molecular complexity index is 437. The first-order chi connectivity index (χ1) is 9.62. The van der Waals surface area contributed by atoms with Crippen LogP contribution in [0.3, 0.4) is 0 Å². The summed E-state index contributed by atoms with van der Waals surface area (Å²) in [7, 11) is 3.21. The summed E-state index contributed by atoms with van der Waals surface area (Å²) in [5.74, 6) is 1.44. The number of methoxy groups -OCH3 is 2. The molecule has 0 fully saturated rings. The van der Waals surface area contributed by atoms with Crippen molar-refractivity contribution in [3.05, 3.63) is 18.2 Å². The van der Waals surface area contributed by atoms with E-state index < -0.39 is 0 Å². The zero-order valence-electron chi connectivity index (χ0n) is 12.6. The highest BCUT2D eigenvalue weighted by Gasteiger charge is 2.15. The van der Waals surface area contributed by atoms with E-state index in [0.29, 0.717) is 11.5 Å². The van der Waals surface area contributed by atoms with Crippen LogP contribution in [0.1, 0.15) is 26.7 Å². The molecule has 1 aromatic carbocycles. The van der Waals surface area contributed by atoms with E-state index >= 15 is 0 Å². The van der Waals surface area contributed by atoms with Crippen LogP contribution in [0.4, 0.5) is 0 Å². The molecule has 1 atom stereocenters. The first-order valence-corrected chi connectivity index (χ1v) is 7.66. The van der Waals surface area contributed by atoms with Crippen molar-refractivity contribution >= 4 is 17.7 Å². The van der Waals surface area contributed by atoms with Crippen LogP contribution in [0.2, 0.25) is 0 Å². The average molecular weight is 297 g/mol. The molecule has 0 aromatic heterocycles. The summed E-state index contributed by atoms with van der Waals surface area (Å²) in [6.45, 7) is 4.75. The monoisotopic (exact) mass is 297 g/mol. The van der Waals surface area contributed by atoms with Gasteiger partial charge in [-0.2, -0.15) is 0 Å². The molecule has 1 rings (SSSR count). The Labute approximate surface area is 125 Å². The number of rotatable bonds is 8. The first kappa shape index (κ1) is 16.7. The van der Waals surface area contributed by atoms with Crippen LogP contribution in [-0.4, -0.2) is 31.9 Å². The number of nitrogens with one attached hydrogen (secondary N) is 1.